The van der Waals surface area contributed by atoms with Gasteiger partial charge in [0.1, 0.15) is 5.82 Å². The van der Waals surface area contributed by atoms with E-state index in [-0.39, 0.29) is 17.6 Å². The van der Waals surface area contributed by atoms with Crippen molar-refractivity contribution in [1.29, 1.82) is 5.41 Å². The topological polar surface area (TPSA) is 91.2 Å². The fourth-order valence-corrected chi connectivity index (χ4v) is 3.90. The van der Waals surface area contributed by atoms with Crippen LogP contribution < -0.4 is 5.32 Å². The van der Waals surface area contributed by atoms with Gasteiger partial charge < -0.3 is 20.4 Å². The van der Waals surface area contributed by atoms with Crippen LogP contribution in [0.15, 0.2) is 54.9 Å². The third kappa shape index (κ3) is 4.61. The number of nitrogens with one attached hydrogen (secondary N) is 2. The van der Waals surface area contributed by atoms with Crippen LogP contribution in [-0.2, 0) is 4.74 Å². The van der Waals surface area contributed by atoms with Gasteiger partial charge in [0.15, 0.2) is 0 Å². The Kier molecular flexibility index (Phi) is 5.83. The highest BCUT2D eigenvalue weighted by molar-refractivity contribution is 6.07. The predicted octanol–water partition coefficient (Wildman–Crippen LogP) is 4.28. The van der Waals surface area contributed by atoms with E-state index in [0.29, 0.717) is 60.3 Å². The summed E-state index contributed by atoms with van der Waals surface area (Å²) < 4.78 is 19.4. The molecule has 0 spiro atoms. The summed E-state index contributed by atoms with van der Waals surface area (Å²) >= 11 is 0. The second-order valence-corrected chi connectivity index (χ2v) is 8.25. The van der Waals surface area contributed by atoms with Crippen LogP contribution in [-0.4, -0.2) is 52.8 Å². The van der Waals surface area contributed by atoms with E-state index < -0.39 is 0 Å². The molecule has 1 aliphatic heterocycles. The van der Waals surface area contributed by atoms with E-state index >= 15 is 0 Å². The molecular formula is C25H24FN5O2. The summed E-state index contributed by atoms with van der Waals surface area (Å²) in [6, 6.07) is 11.8. The first-order chi connectivity index (χ1) is 16.1. The van der Waals surface area contributed by atoms with E-state index in [1.165, 1.54) is 6.07 Å². The van der Waals surface area contributed by atoms with E-state index in [0.717, 1.165) is 18.4 Å². The minimum absolute atomic E-state index is 0.0679. The van der Waals surface area contributed by atoms with Crippen molar-refractivity contribution in [2.45, 2.75) is 12.8 Å². The molecule has 2 N–H and O–H groups in total. The molecule has 2 heterocycles. The molecule has 2 aromatic carbocycles. The molecule has 1 saturated carbocycles. The monoisotopic (exact) mass is 445 g/mol. The van der Waals surface area contributed by atoms with Crippen LogP contribution >= 0.6 is 0 Å². The molecule has 1 saturated heterocycles. The van der Waals surface area contributed by atoms with Gasteiger partial charge in [-0.2, -0.15) is 0 Å². The molecule has 7 nitrogen and oxygen atoms in total. The highest BCUT2D eigenvalue weighted by Gasteiger charge is 2.29. The summed E-state index contributed by atoms with van der Waals surface area (Å²) in [4.78, 5) is 23.5. The molecule has 8 heteroatoms. The smallest absolute Gasteiger partial charge is 0.254 e. The molecule has 1 amide bonds. The number of morpholine rings is 1. The maximum atomic E-state index is 14.1. The summed E-state index contributed by atoms with van der Waals surface area (Å²) in [5, 5.41) is 11.7. The van der Waals surface area contributed by atoms with Crippen LogP contribution in [0.3, 0.4) is 0 Å². The van der Waals surface area contributed by atoms with Gasteiger partial charge in [-0.1, -0.05) is 24.3 Å². The Morgan fingerprint density at radius 3 is 2.52 bits per heavy atom. The van der Waals surface area contributed by atoms with Crippen LogP contribution in [0.25, 0.3) is 11.1 Å². The summed E-state index contributed by atoms with van der Waals surface area (Å²) in [6.07, 6.45) is 5.12. The fraction of sp³-hybridized carbons (Fsp3) is 0.280. The number of anilines is 2. The molecule has 2 aliphatic rings. The third-order valence-electron chi connectivity index (χ3n) is 5.92. The molecule has 0 unspecified atom stereocenters. The number of aromatic nitrogens is 2. The zero-order chi connectivity index (χ0) is 22.8. The number of amides is 1. The summed E-state index contributed by atoms with van der Waals surface area (Å²) in [5.41, 5.74) is 3.43. The highest BCUT2D eigenvalue weighted by Crippen LogP contribution is 2.35. The van der Waals surface area contributed by atoms with Crippen LogP contribution in [0.5, 0.6) is 0 Å². The molecule has 5 rings (SSSR count). The van der Waals surface area contributed by atoms with Crippen LogP contribution in [0.4, 0.5) is 16.0 Å². The van der Waals surface area contributed by atoms with Crippen molar-refractivity contribution in [1.82, 2.24) is 14.9 Å². The Labute approximate surface area is 191 Å². The average molecular weight is 445 g/mol. The molecule has 0 bridgehead atoms. The number of nitrogens with zero attached hydrogens (tertiary/aromatic N) is 3. The van der Waals surface area contributed by atoms with E-state index in [2.05, 4.69) is 15.3 Å². The number of halogens is 1. The molecule has 2 fully saturated rings. The summed E-state index contributed by atoms with van der Waals surface area (Å²) in [6.45, 7) is 2.18. The first-order valence-corrected chi connectivity index (χ1v) is 11.0. The first kappa shape index (κ1) is 21.2. The van der Waals surface area contributed by atoms with E-state index in [1.54, 1.807) is 47.6 Å². The molecule has 33 heavy (non-hydrogen) atoms. The van der Waals surface area contributed by atoms with Crippen molar-refractivity contribution in [3.05, 3.63) is 71.8 Å². The van der Waals surface area contributed by atoms with Crippen molar-refractivity contribution >= 4 is 23.3 Å². The second kappa shape index (κ2) is 9.07. The van der Waals surface area contributed by atoms with Gasteiger partial charge in [-0.05, 0) is 31.0 Å². The van der Waals surface area contributed by atoms with E-state index in [4.69, 9.17) is 10.1 Å². The standard InChI is InChI=1S/C25H24FN5O2/c26-21-4-2-1-3-19(21)18-14-28-25(29-15-18)30-22-13-17(24(32)31-9-11-33-12-10-31)7-8-20(22)23(27)16-5-6-16/h1-4,7-8,13-16,27H,5-6,9-12H2,(H,28,29,30). The summed E-state index contributed by atoms with van der Waals surface area (Å²) in [7, 11) is 0. The maximum Gasteiger partial charge on any atom is 0.254 e. The SMILES string of the molecule is N=C(c1ccc(C(=O)N2CCOCC2)cc1Nc1ncc(-c2ccccc2F)cn1)C1CC1. The Bertz CT molecular complexity index is 1190. The Hall–Kier alpha value is -3.65. The lowest BCUT2D eigenvalue weighted by atomic mass is 10.0. The Balaban J connectivity index is 1.43. The van der Waals surface area contributed by atoms with E-state index in [1.807, 2.05) is 6.07 Å². The van der Waals surface area contributed by atoms with Gasteiger partial charge in [0, 0.05) is 59.4 Å². The number of hydrogen-bond acceptors (Lipinski definition) is 6. The van der Waals surface area contributed by atoms with Gasteiger partial charge in [0.2, 0.25) is 5.95 Å². The van der Waals surface area contributed by atoms with E-state index in [9.17, 15) is 9.18 Å². The predicted molar refractivity (Wildman–Crippen MR) is 123 cm³/mol. The van der Waals surface area contributed by atoms with Gasteiger partial charge in [0.25, 0.3) is 5.91 Å². The molecule has 0 atom stereocenters. The number of carbonyl (C=O) groups is 1. The highest BCUT2D eigenvalue weighted by atomic mass is 19.1. The van der Waals surface area contributed by atoms with Crippen molar-refractivity contribution in [2.75, 3.05) is 31.6 Å². The van der Waals surface area contributed by atoms with Crippen LogP contribution in [0, 0.1) is 17.1 Å². The van der Waals surface area contributed by atoms with Crippen LogP contribution in [0.1, 0.15) is 28.8 Å². The number of carbonyl (C=O) groups excluding carboxylic acids is 1. The van der Waals surface area contributed by atoms with Crippen molar-refractivity contribution in [3.8, 4) is 11.1 Å². The largest absolute Gasteiger partial charge is 0.378 e. The number of ether oxygens (including phenoxy) is 1. The normalized spacial score (nSPS) is 15.8. The number of hydrogen-bond donors (Lipinski definition) is 2. The zero-order valence-corrected chi connectivity index (χ0v) is 18.1. The van der Waals surface area contributed by atoms with Gasteiger partial charge in [-0.15, -0.1) is 0 Å². The van der Waals surface area contributed by atoms with Gasteiger partial charge in [-0.25, -0.2) is 14.4 Å². The molecule has 3 aromatic rings. The van der Waals surface area contributed by atoms with Crippen LogP contribution in [0.2, 0.25) is 0 Å². The first-order valence-electron chi connectivity index (χ1n) is 11.0. The van der Waals surface area contributed by atoms with Gasteiger partial charge in [0.05, 0.1) is 18.9 Å². The lowest BCUT2D eigenvalue weighted by molar-refractivity contribution is 0.0303. The molecule has 1 aliphatic carbocycles. The maximum absolute atomic E-state index is 14.1. The van der Waals surface area contributed by atoms with Crippen molar-refractivity contribution in [2.24, 2.45) is 5.92 Å². The number of benzene rings is 2. The molecule has 168 valence electrons. The molecule has 1 aromatic heterocycles. The third-order valence-corrected chi connectivity index (χ3v) is 5.92. The fourth-order valence-electron chi connectivity index (χ4n) is 3.90. The second-order valence-electron chi connectivity index (χ2n) is 8.25. The lowest BCUT2D eigenvalue weighted by Gasteiger charge is -2.27. The van der Waals surface area contributed by atoms with Gasteiger partial charge >= 0.3 is 0 Å². The molecule has 0 radical (unpaired) electrons. The Morgan fingerprint density at radius 2 is 1.82 bits per heavy atom. The average Bonchev–Trinajstić information content (AvgIpc) is 3.70. The minimum atomic E-state index is -0.337. The molecular weight excluding hydrogens is 421 g/mol. The Morgan fingerprint density at radius 1 is 1.09 bits per heavy atom. The summed E-state index contributed by atoms with van der Waals surface area (Å²) in [5.74, 6) is 0.157. The van der Waals surface area contributed by atoms with Crippen molar-refractivity contribution < 1.29 is 13.9 Å². The quantitative estimate of drug-likeness (QED) is 0.553. The number of rotatable bonds is 6. The zero-order valence-electron chi connectivity index (χ0n) is 18.1. The lowest BCUT2D eigenvalue weighted by Crippen LogP contribution is -2.40. The van der Waals surface area contributed by atoms with Gasteiger partial charge in [-0.3, -0.25) is 4.79 Å². The van der Waals surface area contributed by atoms with Crippen molar-refractivity contribution in [3.63, 3.8) is 0 Å². The minimum Gasteiger partial charge on any atom is -0.378 e.